The maximum atomic E-state index is 13.4. The van der Waals surface area contributed by atoms with Crippen molar-refractivity contribution >= 4 is 35.0 Å². The number of amides is 2. The second-order valence-electron chi connectivity index (χ2n) is 8.52. The van der Waals surface area contributed by atoms with E-state index < -0.39 is 6.04 Å². The summed E-state index contributed by atoms with van der Waals surface area (Å²) in [5.41, 5.74) is 1.93. The molecular formula is C26H32Cl2N2O2. The van der Waals surface area contributed by atoms with Gasteiger partial charge in [0.1, 0.15) is 6.04 Å². The van der Waals surface area contributed by atoms with E-state index in [9.17, 15) is 9.59 Å². The summed E-state index contributed by atoms with van der Waals surface area (Å²) in [5, 5.41) is 4.10. The average molecular weight is 475 g/mol. The number of benzene rings is 2. The Morgan fingerprint density at radius 3 is 2.38 bits per heavy atom. The first-order chi connectivity index (χ1) is 15.5. The Balaban J connectivity index is 1.75. The van der Waals surface area contributed by atoms with Crippen molar-refractivity contribution in [2.45, 2.75) is 70.4 Å². The molecule has 4 nitrogen and oxygen atoms in total. The molecule has 6 heteroatoms. The Hall–Kier alpha value is -2.04. The van der Waals surface area contributed by atoms with Crippen LogP contribution in [0.5, 0.6) is 0 Å². The van der Waals surface area contributed by atoms with Crippen LogP contribution in [0.3, 0.4) is 0 Å². The van der Waals surface area contributed by atoms with Gasteiger partial charge in [-0.25, -0.2) is 0 Å². The van der Waals surface area contributed by atoms with Crippen LogP contribution in [-0.4, -0.2) is 35.3 Å². The molecule has 1 atom stereocenters. The summed E-state index contributed by atoms with van der Waals surface area (Å²) >= 11 is 12.2. The largest absolute Gasteiger partial charge is 0.352 e. The van der Waals surface area contributed by atoms with Gasteiger partial charge in [0.2, 0.25) is 11.8 Å². The molecule has 1 N–H and O–H groups in total. The van der Waals surface area contributed by atoms with Gasteiger partial charge in [-0.15, -0.1) is 0 Å². The van der Waals surface area contributed by atoms with Crippen molar-refractivity contribution in [3.8, 4) is 0 Å². The molecule has 2 aromatic carbocycles. The second kappa shape index (κ2) is 12.3. The summed E-state index contributed by atoms with van der Waals surface area (Å²) < 4.78 is 0. The first-order valence-electron chi connectivity index (χ1n) is 11.6. The number of carbonyl (C=O) groups is 2. The van der Waals surface area contributed by atoms with Crippen molar-refractivity contribution in [1.29, 1.82) is 0 Å². The fourth-order valence-electron chi connectivity index (χ4n) is 4.37. The summed E-state index contributed by atoms with van der Waals surface area (Å²) in [5.74, 6) is -0.125. The smallest absolute Gasteiger partial charge is 0.243 e. The zero-order valence-corrected chi connectivity index (χ0v) is 20.2. The fraction of sp³-hybridized carbons (Fsp3) is 0.462. The topological polar surface area (TPSA) is 49.4 Å². The van der Waals surface area contributed by atoms with Crippen LogP contribution in [0.2, 0.25) is 10.0 Å². The van der Waals surface area contributed by atoms with Crippen LogP contribution < -0.4 is 5.32 Å². The molecule has 0 heterocycles. The molecule has 2 amide bonds. The molecule has 0 aromatic heterocycles. The zero-order chi connectivity index (χ0) is 22.9. The monoisotopic (exact) mass is 474 g/mol. The van der Waals surface area contributed by atoms with Gasteiger partial charge in [-0.2, -0.15) is 0 Å². The third kappa shape index (κ3) is 6.98. The standard InChI is InChI=1S/C26H32Cl2N2O2/c1-2-24(26(32)29-21-11-7-4-8-12-21)30(16-15-19-9-5-3-6-10-19)25(31)18-20-13-14-22(27)23(28)17-20/h3,5-6,9-10,13-14,17,21,24H,2,4,7-8,11-12,15-16,18H2,1H3,(H,29,32)/t24-/m1/s1. The minimum Gasteiger partial charge on any atom is -0.352 e. The fourth-order valence-corrected chi connectivity index (χ4v) is 4.69. The van der Waals surface area contributed by atoms with Gasteiger partial charge in [-0.1, -0.05) is 85.8 Å². The molecule has 172 valence electrons. The first kappa shape index (κ1) is 24.6. The molecule has 0 spiro atoms. The van der Waals surface area contributed by atoms with E-state index in [1.165, 1.54) is 6.42 Å². The highest BCUT2D eigenvalue weighted by Gasteiger charge is 2.30. The van der Waals surface area contributed by atoms with E-state index in [4.69, 9.17) is 23.2 Å². The number of rotatable bonds is 9. The van der Waals surface area contributed by atoms with Crippen LogP contribution in [0.15, 0.2) is 48.5 Å². The van der Waals surface area contributed by atoms with Crippen LogP contribution in [0.1, 0.15) is 56.6 Å². The molecule has 0 aliphatic heterocycles. The summed E-state index contributed by atoms with van der Waals surface area (Å²) in [6.07, 6.45) is 7.01. The van der Waals surface area contributed by atoms with E-state index in [1.54, 1.807) is 17.0 Å². The van der Waals surface area contributed by atoms with Gasteiger partial charge >= 0.3 is 0 Å². The number of halogens is 2. The van der Waals surface area contributed by atoms with Gasteiger partial charge in [-0.3, -0.25) is 9.59 Å². The highest BCUT2D eigenvalue weighted by atomic mass is 35.5. The van der Waals surface area contributed by atoms with Gasteiger partial charge in [0.25, 0.3) is 0 Å². The molecule has 2 aromatic rings. The minimum absolute atomic E-state index is 0.0463. The van der Waals surface area contributed by atoms with Gasteiger partial charge in [-0.05, 0) is 48.9 Å². The lowest BCUT2D eigenvalue weighted by Crippen LogP contribution is -2.52. The van der Waals surface area contributed by atoms with E-state index in [0.29, 0.717) is 29.4 Å². The highest BCUT2D eigenvalue weighted by molar-refractivity contribution is 6.42. The van der Waals surface area contributed by atoms with Crippen LogP contribution in [0.4, 0.5) is 0 Å². The summed E-state index contributed by atoms with van der Waals surface area (Å²) in [6.45, 7) is 2.45. The molecule has 1 saturated carbocycles. The lowest BCUT2D eigenvalue weighted by Gasteiger charge is -2.33. The van der Waals surface area contributed by atoms with Crippen LogP contribution in [-0.2, 0) is 22.4 Å². The number of nitrogens with zero attached hydrogens (tertiary/aromatic N) is 1. The van der Waals surface area contributed by atoms with Crippen LogP contribution in [0, 0.1) is 0 Å². The van der Waals surface area contributed by atoms with E-state index >= 15 is 0 Å². The maximum absolute atomic E-state index is 13.4. The van der Waals surface area contributed by atoms with E-state index in [0.717, 1.165) is 36.8 Å². The number of nitrogens with one attached hydrogen (secondary N) is 1. The molecule has 1 aliphatic rings. The molecule has 0 bridgehead atoms. The van der Waals surface area contributed by atoms with Crippen molar-refractivity contribution in [3.63, 3.8) is 0 Å². The van der Waals surface area contributed by atoms with Crippen molar-refractivity contribution in [2.75, 3.05) is 6.54 Å². The van der Waals surface area contributed by atoms with E-state index in [2.05, 4.69) is 5.32 Å². The van der Waals surface area contributed by atoms with Gasteiger partial charge in [0, 0.05) is 12.6 Å². The zero-order valence-electron chi connectivity index (χ0n) is 18.7. The van der Waals surface area contributed by atoms with Crippen molar-refractivity contribution < 1.29 is 9.59 Å². The Kier molecular flexibility index (Phi) is 9.43. The molecule has 1 fully saturated rings. The summed E-state index contributed by atoms with van der Waals surface area (Å²) in [4.78, 5) is 28.3. The minimum atomic E-state index is -0.490. The summed E-state index contributed by atoms with van der Waals surface area (Å²) in [7, 11) is 0. The Labute approximate surface area is 201 Å². The number of hydrogen-bond donors (Lipinski definition) is 1. The maximum Gasteiger partial charge on any atom is 0.243 e. The summed E-state index contributed by atoms with van der Waals surface area (Å²) in [6, 6.07) is 15.0. The molecular weight excluding hydrogens is 443 g/mol. The molecule has 0 saturated heterocycles. The quantitative estimate of drug-likeness (QED) is 0.496. The molecule has 32 heavy (non-hydrogen) atoms. The van der Waals surface area contributed by atoms with Gasteiger partial charge in [0.05, 0.1) is 16.5 Å². The van der Waals surface area contributed by atoms with Crippen molar-refractivity contribution in [3.05, 3.63) is 69.7 Å². The SMILES string of the molecule is CC[C@H](C(=O)NC1CCCCC1)N(CCc1ccccc1)C(=O)Cc1ccc(Cl)c(Cl)c1. The molecule has 0 unspecified atom stereocenters. The second-order valence-corrected chi connectivity index (χ2v) is 9.33. The third-order valence-electron chi connectivity index (χ3n) is 6.16. The third-order valence-corrected chi connectivity index (χ3v) is 6.90. The van der Waals surface area contributed by atoms with E-state index in [-0.39, 0.29) is 24.3 Å². The predicted octanol–water partition coefficient (Wildman–Crippen LogP) is 5.83. The van der Waals surface area contributed by atoms with Crippen LogP contribution >= 0.6 is 23.2 Å². The molecule has 1 aliphatic carbocycles. The Bertz CT molecular complexity index is 898. The van der Waals surface area contributed by atoms with Crippen molar-refractivity contribution in [1.82, 2.24) is 10.2 Å². The Morgan fingerprint density at radius 2 is 1.72 bits per heavy atom. The lowest BCUT2D eigenvalue weighted by molar-refractivity contribution is -0.140. The number of carbonyl (C=O) groups excluding carboxylic acids is 2. The molecule has 0 radical (unpaired) electrons. The average Bonchev–Trinajstić information content (AvgIpc) is 2.80. The van der Waals surface area contributed by atoms with E-state index in [1.807, 2.05) is 43.3 Å². The van der Waals surface area contributed by atoms with Crippen molar-refractivity contribution in [2.24, 2.45) is 0 Å². The number of hydrogen-bond acceptors (Lipinski definition) is 2. The van der Waals surface area contributed by atoms with Crippen LogP contribution in [0.25, 0.3) is 0 Å². The highest BCUT2D eigenvalue weighted by Crippen LogP contribution is 2.24. The Morgan fingerprint density at radius 1 is 1.00 bits per heavy atom. The first-order valence-corrected chi connectivity index (χ1v) is 12.3. The normalized spacial score (nSPS) is 15.2. The predicted molar refractivity (Wildman–Crippen MR) is 131 cm³/mol. The van der Waals surface area contributed by atoms with Gasteiger partial charge in [0.15, 0.2) is 0 Å². The van der Waals surface area contributed by atoms with Gasteiger partial charge < -0.3 is 10.2 Å². The lowest BCUT2D eigenvalue weighted by atomic mass is 9.95. The molecule has 3 rings (SSSR count).